The van der Waals surface area contributed by atoms with Gasteiger partial charge in [0.05, 0.1) is 25.4 Å². The number of hydrogen-bond donors (Lipinski definition) is 0. The number of aryl methyl sites for hydroxylation is 1. The van der Waals surface area contributed by atoms with Crippen molar-refractivity contribution in [3.8, 4) is 5.75 Å². The standard InChI is InChI=1S/C25H30N4O3/c1-18-7-6-8-20(15-18)22-16-23(21-9-4-5-10-24(21)32-3)29(26-22)25(31)17-27-11-13-28(14-12-27)19(2)30/h4-10,15,23H,11-14,16-17H2,1-3H3/t23-/m0/s1. The van der Waals surface area contributed by atoms with Crippen molar-refractivity contribution >= 4 is 17.5 Å². The van der Waals surface area contributed by atoms with Crippen molar-refractivity contribution in [2.45, 2.75) is 26.3 Å². The Morgan fingerprint density at radius 1 is 1.06 bits per heavy atom. The molecule has 1 saturated heterocycles. The summed E-state index contributed by atoms with van der Waals surface area (Å²) in [5.41, 5.74) is 4.05. The minimum atomic E-state index is -0.215. The quantitative estimate of drug-likeness (QED) is 0.726. The van der Waals surface area contributed by atoms with E-state index in [1.807, 2.05) is 41.3 Å². The van der Waals surface area contributed by atoms with Gasteiger partial charge in [-0.15, -0.1) is 0 Å². The Balaban J connectivity index is 1.58. The second kappa shape index (κ2) is 9.53. The Morgan fingerprint density at radius 2 is 1.81 bits per heavy atom. The van der Waals surface area contributed by atoms with Crippen LogP contribution in [-0.4, -0.2) is 72.2 Å². The van der Waals surface area contributed by atoms with Gasteiger partial charge in [-0.25, -0.2) is 5.01 Å². The predicted molar refractivity (Wildman–Crippen MR) is 124 cm³/mol. The van der Waals surface area contributed by atoms with E-state index in [4.69, 9.17) is 9.84 Å². The molecule has 2 aromatic carbocycles. The van der Waals surface area contributed by atoms with Crippen LogP contribution in [0, 0.1) is 6.92 Å². The number of amides is 2. The van der Waals surface area contributed by atoms with Gasteiger partial charge in [0.25, 0.3) is 5.91 Å². The summed E-state index contributed by atoms with van der Waals surface area (Å²) in [5, 5.41) is 6.43. The van der Waals surface area contributed by atoms with E-state index in [1.165, 1.54) is 0 Å². The molecule has 2 aliphatic rings. The topological polar surface area (TPSA) is 65.5 Å². The Kier molecular flexibility index (Phi) is 6.55. The predicted octanol–water partition coefficient (Wildman–Crippen LogP) is 2.85. The van der Waals surface area contributed by atoms with Gasteiger partial charge >= 0.3 is 0 Å². The van der Waals surface area contributed by atoms with E-state index in [-0.39, 0.29) is 24.4 Å². The maximum atomic E-state index is 13.4. The molecule has 1 atom stereocenters. The van der Waals surface area contributed by atoms with E-state index in [2.05, 4.69) is 24.0 Å². The highest BCUT2D eigenvalue weighted by Gasteiger charge is 2.35. The number of carbonyl (C=O) groups is 2. The zero-order valence-electron chi connectivity index (χ0n) is 19.0. The van der Waals surface area contributed by atoms with Gasteiger partial charge in [0.1, 0.15) is 5.75 Å². The SMILES string of the molecule is COc1ccccc1[C@@H]1CC(c2cccc(C)c2)=NN1C(=O)CN1CCN(C(C)=O)CC1. The minimum absolute atomic E-state index is 0.0418. The first kappa shape index (κ1) is 22.0. The highest BCUT2D eigenvalue weighted by Crippen LogP contribution is 2.37. The smallest absolute Gasteiger partial charge is 0.257 e. The summed E-state index contributed by atoms with van der Waals surface area (Å²) >= 11 is 0. The molecule has 2 aromatic rings. The molecule has 1 fully saturated rings. The molecule has 2 aliphatic heterocycles. The molecular formula is C25H30N4O3. The third kappa shape index (κ3) is 4.67. The lowest BCUT2D eigenvalue weighted by Crippen LogP contribution is -2.50. The molecular weight excluding hydrogens is 404 g/mol. The highest BCUT2D eigenvalue weighted by atomic mass is 16.5. The minimum Gasteiger partial charge on any atom is -0.496 e. The number of carbonyl (C=O) groups excluding carboxylic acids is 2. The average Bonchev–Trinajstić information content (AvgIpc) is 3.25. The van der Waals surface area contributed by atoms with Crippen LogP contribution in [0.25, 0.3) is 0 Å². The van der Waals surface area contributed by atoms with Crippen LogP contribution in [0.2, 0.25) is 0 Å². The number of nitrogens with zero attached hydrogens (tertiary/aromatic N) is 4. The fraction of sp³-hybridized carbons (Fsp3) is 0.400. The summed E-state index contributed by atoms with van der Waals surface area (Å²) in [5.74, 6) is 0.796. The summed E-state index contributed by atoms with van der Waals surface area (Å²) in [6.07, 6.45) is 0.633. The Morgan fingerprint density at radius 3 is 2.50 bits per heavy atom. The summed E-state index contributed by atoms with van der Waals surface area (Å²) in [6, 6.07) is 15.8. The van der Waals surface area contributed by atoms with E-state index in [0.29, 0.717) is 32.6 Å². The second-order valence-electron chi connectivity index (χ2n) is 8.40. The largest absolute Gasteiger partial charge is 0.496 e. The molecule has 7 heteroatoms. The fourth-order valence-corrected chi connectivity index (χ4v) is 4.41. The summed E-state index contributed by atoms with van der Waals surface area (Å²) in [6.45, 7) is 6.60. The number of methoxy groups -OCH3 is 1. The third-order valence-corrected chi connectivity index (χ3v) is 6.19. The fourth-order valence-electron chi connectivity index (χ4n) is 4.41. The molecule has 0 spiro atoms. The molecule has 0 unspecified atom stereocenters. The molecule has 0 N–H and O–H groups in total. The van der Waals surface area contributed by atoms with E-state index in [1.54, 1.807) is 19.0 Å². The van der Waals surface area contributed by atoms with Gasteiger partial charge in [-0.1, -0.05) is 48.0 Å². The van der Waals surface area contributed by atoms with Crippen molar-refractivity contribution in [1.29, 1.82) is 0 Å². The van der Waals surface area contributed by atoms with Crippen LogP contribution >= 0.6 is 0 Å². The van der Waals surface area contributed by atoms with Gasteiger partial charge in [-0.05, 0) is 18.6 Å². The van der Waals surface area contributed by atoms with Crippen LogP contribution in [0.3, 0.4) is 0 Å². The first-order valence-corrected chi connectivity index (χ1v) is 11.0. The first-order chi connectivity index (χ1) is 15.5. The van der Waals surface area contributed by atoms with E-state index >= 15 is 0 Å². The molecule has 32 heavy (non-hydrogen) atoms. The lowest BCUT2D eigenvalue weighted by atomic mass is 9.97. The van der Waals surface area contributed by atoms with E-state index in [9.17, 15) is 9.59 Å². The molecule has 0 bridgehead atoms. The summed E-state index contributed by atoms with van der Waals surface area (Å²) in [7, 11) is 1.65. The highest BCUT2D eigenvalue weighted by molar-refractivity contribution is 6.03. The zero-order valence-corrected chi connectivity index (χ0v) is 19.0. The lowest BCUT2D eigenvalue weighted by molar-refractivity contribution is -0.135. The first-order valence-electron chi connectivity index (χ1n) is 11.0. The van der Waals surface area contributed by atoms with Crippen molar-refractivity contribution in [3.05, 3.63) is 65.2 Å². The average molecular weight is 435 g/mol. The molecule has 2 amide bonds. The van der Waals surface area contributed by atoms with E-state index in [0.717, 1.165) is 28.2 Å². The van der Waals surface area contributed by atoms with Gasteiger partial charge in [0.15, 0.2) is 0 Å². The van der Waals surface area contributed by atoms with E-state index < -0.39 is 0 Å². The number of benzene rings is 2. The van der Waals surface area contributed by atoms with Crippen molar-refractivity contribution in [3.63, 3.8) is 0 Å². The van der Waals surface area contributed by atoms with Crippen LogP contribution < -0.4 is 4.74 Å². The Labute approximate surface area is 189 Å². The molecule has 4 rings (SSSR count). The summed E-state index contributed by atoms with van der Waals surface area (Å²) in [4.78, 5) is 28.9. The monoisotopic (exact) mass is 434 g/mol. The van der Waals surface area contributed by atoms with Crippen LogP contribution in [0.5, 0.6) is 5.75 Å². The van der Waals surface area contributed by atoms with Crippen molar-refractivity contribution in [2.75, 3.05) is 39.8 Å². The van der Waals surface area contributed by atoms with Crippen LogP contribution in [0.4, 0.5) is 0 Å². The van der Waals surface area contributed by atoms with Gasteiger partial charge < -0.3 is 9.64 Å². The normalized spacial score (nSPS) is 19.1. The van der Waals surface area contributed by atoms with Gasteiger partial charge in [-0.3, -0.25) is 14.5 Å². The van der Waals surface area contributed by atoms with Gasteiger partial charge in [0.2, 0.25) is 5.91 Å². The van der Waals surface area contributed by atoms with Crippen LogP contribution in [0.15, 0.2) is 53.6 Å². The molecule has 168 valence electrons. The van der Waals surface area contributed by atoms with Crippen LogP contribution in [-0.2, 0) is 9.59 Å². The summed E-state index contributed by atoms with van der Waals surface area (Å²) < 4.78 is 5.59. The van der Waals surface area contributed by atoms with Crippen molar-refractivity contribution in [2.24, 2.45) is 5.10 Å². The maximum Gasteiger partial charge on any atom is 0.257 e. The number of rotatable bonds is 5. The Bertz CT molecular complexity index is 1030. The van der Waals surface area contributed by atoms with Crippen molar-refractivity contribution in [1.82, 2.24) is 14.8 Å². The second-order valence-corrected chi connectivity index (χ2v) is 8.40. The number of para-hydroxylation sites is 1. The lowest BCUT2D eigenvalue weighted by Gasteiger charge is -2.34. The number of ether oxygens (including phenoxy) is 1. The molecule has 0 radical (unpaired) electrons. The molecule has 0 saturated carbocycles. The molecule has 2 heterocycles. The Hall–Kier alpha value is -3.19. The van der Waals surface area contributed by atoms with Crippen molar-refractivity contribution < 1.29 is 14.3 Å². The van der Waals surface area contributed by atoms with Gasteiger partial charge in [0, 0.05) is 45.1 Å². The van der Waals surface area contributed by atoms with Gasteiger partial charge in [-0.2, -0.15) is 5.10 Å². The molecule has 0 aliphatic carbocycles. The number of hydrogen-bond acceptors (Lipinski definition) is 5. The molecule has 7 nitrogen and oxygen atoms in total. The number of piperazine rings is 1. The zero-order chi connectivity index (χ0) is 22.7. The maximum absolute atomic E-state index is 13.4. The number of hydrazone groups is 1. The van der Waals surface area contributed by atoms with Crippen LogP contribution in [0.1, 0.15) is 36.1 Å². The third-order valence-electron chi connectivity index (χ3n) is 6.19. The molecule has 0 aromatic heterocycles.